The molecular weight excluding hydrogens is 408 g/mol. The summed E-state index contributed by atoms with van der Waals surface area (Å²) >= 11 is 0. The molecular formula is C24H26N4O4. The minimum Gasteiger partial charge on any atom is -0.486 e. The smallest absolute Gasteiger partial charge is 0.266 e. The van der Waals surface area contributed by atoms with Crippen LogP contribution < -0.4 is 9.64 Å². The van der Waals surface area contributed by atoms with E-state index in [0.29, 0.717) is 50.0 Å². The van der Waals surface area contributed by atoms with Gasteiger partial charge in [-0.2, -0.15) is 10.2 Å². The number of rotatable bonds is 7. The SMILES string of the molecule is CCCC(=O)N1CCN(c2oc(-c3ccc(COc4ccc(C)cc4)o3)nc2C#N)CC1. The summed E-state index contributed by atoms with van der Waals surface area (Å²) in [6.45, 7) is 6.67. The Bertz CT molecular complexity index is 1100. The molecule has 0 spiro atoms. The summed E-state index contributed by atoms with van der Waals surface area (Å²) in [4.78, 5) is 20.2. The fourth-order valence-corrected chi connectivity index (χ4v) is 3.59. The maximum absolute atomic E-state index is 12.1. The molecule has 1 fully saturated rings. The van der Waals surface area contributed by atoms with Gasteiger partial charge in [-0.05, 0) is 37.6 Å². The first-order valence-corrected chi connectivity index (χ1v) is 10.8. The van der Waals surface area contributed by atoms with Crippen LogP contribution in [0.3, 0.4) is 0 Å². The van der Waals surface area contributed by atoms with Gasteiger partial charge in [0.25, 0.3) is 5.89 Å². The number of anilines is 1. The summed E-state index contributed by atoms with van der Waals surface area (Å²) in [6.07, 6.45) is 1.40. The van der Waals surface area contributed by atoms with E-state index >= 15 is 0 Å². The molecule has 8 heteroatoms. The van der Waals surface area contributed by atoms with Gasteiger partial charge in [0.15, 0.2) is 5.76 Å². The maximum Gasteiger partial charge on any atom is 0.266 e. The number of benzene rings is 1. The van der Waals surface area contributed by atoms with Gasteiger partial charge in [0.2, 0.25) is 17.5 Å². The fourth-order valence-electron chi connectivity index (χ4n) is 3.59. The lowest BCUT2D eigenvalue weighted by atomic mass is 10.2. The van der Waals surface area contributed by atoms with Crippen LogP contribution in [0.5, 0.6) is 5.75 Å². The molecule has 32 heavy (non-hydrogen) atoms. The first-order valence-electron chi connectivity index (χ1n) is 10.8. The second kappa shape index (κ2) is 9.60. The van der Waals surface area contributed by atoms with E-state index in [1.807, 2.05) is 47.9 Å². The first kappa shape index (κ1) is 21.5. The lowest BCUT2D eigenvalue weighted by Crippen LogP contribution is -2.48. The highest BCUT2D eigenvalue weighted by atomic mass is 16.5. The van der Waals surface area contributed by atoms with E-state index in [1.165, 1.54) is 5.56 Å². The zero-order valence-electron chi connectivity index (χ0n) is 18.3. The molecule has 4 rings (SSSR count). The Kier molecular flexibility index (Phi) is 6.45. The zero-order chi connectivity index (χ0) is 22.5. The number of hydrogen-bond donors (Lipinski definition) is 0. The monoisotopic (exact) mass is 434 g/mol. The van der Waals surface area contributed by atoms with Crippen molar-refractivity contribution in [2.45, 2.75) is 33.3 Å². The van der Waals surface area contributed by atoms with E-state index in [-0.39, 0.29) is 24.1 Å². The predicted octanol–water partition coefficient (Wildman–Crippen LogP) is 4.14. The minimum atomic E-state index is 0.168. The number of hydrogen-bond acceptors (Lipinski definition) is 7. The highest BCUT2D eigenvalue weighted by molar-refractivity contribution is 5.76. The Labute approximate surface area is 187 Å². The predicted molar refractivity (Wildman–Crippen MR) is 118 cm³/mol. The van der Waals surface area contributed by atoms with Crippen LogP contribution in [0.2, 0.25) is 0 Å². The van der Waals surface area contributed by atoms with Crippen molar-refractivity contribution in [3.05, 3.63) is 53.4 Å². The van der Waals surface area contributed by atoms with Crippen LogP contribution in [0.15, 0.2) is 45.2 Å². The third-order valence-corrected chi connectivity index (χ3v) is 5.37. The van der Waals surface area contributed by atoms with Gasteiger partial charge >= 0.3 is 0 Å². The van der Waals surface area contributed by atoms with Gasteiger partial charge in [-0.3, -0.25) is 4.79 Å². The van der Waals surface area contributed by atoms with Crippen molar-refractivity contribution >= 4 is 11.8 Å². The highest BCUT2D eigenvalue weighted by Crippen LogP contribution is 2.30. The topological polar surface area (TPSA) is 95.7 Å². The maximum atomic E-state index is 12.1. The molecule has 1 aromatic carbocycles. The van der Waals surface area contributed by atoms with E-state index < -0.39 is 0 Å². The van der Waals surface area contributed by atoms with Crippen molar-refractivity contribution in [2.75, 3.05) is 31.1 Å². The molecule has 1 saturated heterocycles. The number of nitriles is 1. The Balaban J connectivity index is 1.42. The lowest BCUT2D eigenvalue weighted by molar-refractivity contribution is -0.131. The van der Waals surface area contributed by atoms with Gasteiger partial charge in [0.05, 0.1) is 0 Å². The molecule has 0 N–H and O–H groups in total. The van der Waals surface area contributed by atoms with Crippen LogP contribution in [0.4, 0.5) is 5.88 Å². The van der Waals surface area contributed by atoms with E-state index in [2.05, 4.69) is 11.1 Å². The molecule has 1 amide bonds. The molecule has 0 unspecified atom stereocenters. The molecule has 8 nitrogen and oxygen atoms in total. The molecule has 1 aliphatic rings. The third kappa shape index (κ3) is 4.78. The second-order valence-corrected chi connectivity index (χ2v) is 7.77. The number of carbonyl (C=O) groups is 1. The number of amides is 1. The molecule has 3 aromatic rings. The Morgan fingerprint density at radius 3 is 2.56 bits per heavy atom. The van der Waals surface area contributed by atoms with E-state index in [1.54, 1.807) is 12.1 Å². The van der Waals surface area contributed by atoms with Crippen molar-refractivity contribution in [1.82, 2.24) is 9.88 Å². The van der Waals surface area contributed by atoms with Gasteiger partial charge in [-0.15, -0.1) is 0 Å². The van der Waals surface area contributed by atoms with E-state index in [9.17, 15) is 10.1 Å². The van der Waals surface area contributed by atoms with Crippen molar-refractivity contribution in [3.63, 3.8) is 0 Å². The number of carbonyl (C=O) groups excluding carboxylic acids is 1. The molecule has 0 aliphatic carbocycles. The van der Waals surface area contributed by atoms with Crippen LogP contribution in [0.1, 0.15) is 36.8 Å². The minimum absolute atomic E-state index is 0.168. The number of aryl methyl sites for hydroxylation is 1. The normalized spacial score (nSPS) is 13.8. The summed E-state index contributed by atoms with van der Waals surface area (Å²) in [5.41, 5.74) is 1.38. The lowest BCUT2D eigenvalue weighted by Gasteiger charge is -2.34. The number of ether oxygens (including phenoxy) is 1. The van der Waals surface area contributed by atoms with Gasteiger partial charge < -0.3 is 23.4 Å². The molecule has 0 bridgehead atoms. The Hall–Kier alpha value is -3.73. The number of piperazine rings is 1. The molecule has 0 saturated carbocycles. The summed E-state index contributed by atoms with van der Waals surface area (Å²) in [5.74, 6) is 2.66. The van der Waals surface area contributed by atoms with Crippen molar-refractivity contribution in [2.24, 2.45) is 0 Å². The molecule has 0 radical (unpaired) electrons. The summed E-state index contributed by atoms with van der Waals surface area (Å²) in [7, 11) is 0. The van der Waals surface area contributed by atoms with Crippen LogP contribution in [-0.2, 0) is 11.4 Å². The van der Waals surface area contributed by atoms with Crippen molar-refractivity contribution in [1.29, 1.82) is 5.26 Å². The van der Waals surface area contributed by atoms with Gasteiger partial charge in [-0.1, -0.05) is 24.6 Å². The standard InChI is InChI=1S/C24H26N4O4/c1-3-4-22(29)27-11-13-28(14-12-27)24-20(15-25)26-23(32-24)21-10-9-19(31-21)16-30-18-7-5-17(2)6-8-18/h5-10H,3-4,11-14,16H2,1-2H3. The Morgan fingerprint density at radius 1 is 1.12 bits per heavy atom. The number of oxazole rings is 1. The average Bonchev–Trinajstić information content (AvgIpc) is 3.46. The molecule has 166 valence electrons. The molecule has 3 heterocycles. The summed E-state index contributed by atoms with van der Waals surface area (Å²) in [5, 5.41) is 9.54. The van der Waals surface area contributed by atoms with Gasteiger partial charge in [0.1, 0.15) is 24.2 Å². The van der Waals surface area contributed by atoms with Gasteiger partial charge in [0, 0.05) is 32.6 Å². The van der Waals surface area contributed by atoms with Crippen LogP contribution in [-0.4, -0.2) is 42.0 Å². The molecule has 2 aromatic heterocycles. The zero-order valence-corrected chi connectivity index (χ0v) is 18.3. The van der Waals surface area contributed by atoms with E-state index in [4.69, 9.17) is 13.6 Å². The largest absolute Gasteiger partial charge is 0.486 e. The van der Waals surface area contributed by atoms with Crippen LogP contribution >= 0.6 is 0 Å². The van der Waals surface area contributed by atoms with Crippen LogP contribution in [0.25, 0.3) is 11.7 Å². The molecule has 1 aliphatic heterocycles. The third-order valence-electron chi connectivity index (χ3n) is 5.37. The van der Waals surface area contributed by atoms with Gasteiger partial charge in [-0.25, -0.2) is 0 Å². The van der Waals surface area contributed by atoms with Crippen molar-refractivity contribution < 1.29 is 18.4 Å². The Morgan fingerprint density at radius 2 is 1.88 bits per heavy atom. The number of furan rings is 1. The summed E-state index contributed by atoms with van der Waals surface area (Å²) in [6, 6.07) is 13.5. The second-order valence-electron chi connectivity index (χ2n) is 7.77. The highest BCUT2D eigenvalue weighted by Gasteiger charge is 2.27. The molecule has 0 atom stereocenters. The number of nitrogens with zero attached hydrogens (tertiary/aromatic N) is 4. The van der Waals surface area contributed by atoms with Crippen LogP contribution in [0, 0.1) is 18.3 Å². The first-order chi connectivity index (χ1) is 15.6. The average molecular weight is 434 g/mol. The number of aromatic nitrogens is 1. The van der Waals surface area contributed by atoms with E-state index in [0.717, 1.165) is 12.2 Å². The van der Waals surface area contributed by atoms with Crippen molar-refractivity contribution in [3.8, 4) is 23.5 Å². The fraction of sp³-hybridized carbons (Fsp3) is 0.375. The quantitative estimate of drug-likeness (QED) is 0.551. The summed E-state index contributed by atoms with van der Waals surface area (Å²) < 4.78 is 17.5.